The van der Waals surface area contributed by atoms with E-state index in [2.05, 4.69) is 6.58 Å². The van der Waals surface area contributed by atoms with Crippen LogP contribution >= 0.6 is 0 Å². The van der Waals surface area contributed by atoms with E-state index in [-0.39, 0.29) is 24.3 Å². The summed E-state index contributed by atoms with van der Waals surface area (Å²) in [5.74, 6) is -1.88. The van der Waals surface area contributed by atoms with Crippen molar-refractivity contribution >= 4 is 5.78 Å². The fourth-order valence-corrected chi connectivity index (χ4v) is 2.01. The van der Waals surface area contributed by atoms with Crippen molar-refractivity contribution in [1.82, 2.24) is 0 Å². The van der Waals surface area contributed by atoms with Crippen LogP contribution in [0.2, 0.25) is 0 Å². The summed E-state index contributed by atoms with van der Waals surface area (Å²) < 4.78 is 45.0. The molecule has 116 valence electrons. The van der Waals surface area contributed by atoms with Gasteiger partial charge in [0.1, 0.15) is 0 Å². The van der Waals surface area contributed by atoms with E-state index in [1.165, 1.54) is 12.1 Å². The Kier molecular flexibility index (Phi) is 6.99. The first-order valence-corrected chi connectivity index (χ1v) is 6.90. The molecule has 0 heterocycles. The molecule has 21 heavy (non-hydrogen) atoms. The second kappa shape index (κ2) is 8.49. The minimum absolute atomic E-state index is 0.112. The molecule has 0 aliphatic rings. The van der Waals surface area contributed by atoms with Gasteiger partial charge in [-0.3, -0.25) is 4.79 Å². The highest BCUT2D eigenvalue weighted by atomic mass is 19.3. The molecule has 5 heteroatoms. The largest absolute Gasteiger partial charge is 0.491 e. The zero-order valence-corrected chi connectivity index (χ0v) is 12.0. The standard InChI is InChI=1S/C16H19F3O2/c1-3-5-6-7-8-12(20)11-9-10-13(21-4-2)15(17)14(11)16(18)19/h3,9-10,16H,1,4-8H2,2H3. The minimum Gasteiger partial charge on any atom is -0.491 e. The van der Waals surface area contributed by atoms with Crippen molar-refractivity contribution in [2.75, 3.05) is 6.61 Å². The van der Waals surface area contributed by atoms with Gasteiger partial charge in [0.2, 0.25) is 0 Å². The number of allylic oxidation sites excluding steroid dienone is 1. The van der Waals surface area contributed by atoms with Gasteiger partial charge in [0, 0.05) is 12.0 Å². The monoisotopic (exact) mass is 300 g/mol. The third-order valence-electron chi connectivity index (χ3n) is 3.02. The van der Waals surface area contributed by atoms with Gasteiger partial charge in [0.05, 0.1) is 12.2 Å². The van der Waals surface area contributed by atoms with Crippen LogP contribution in [0.1, 0.15) is 55.0 Å². The number of alkyl halides is 2. The van der Waals surface area contributed by atoms with Crippen LogP contribution in [-0.2, 0) is 0 Å². The average molecular weight is 300 g/mol. The quantitative estimate of drug-likeness (QED) is 0.360. The van der Waals surface area contributed by atoms with E-state index < -0.39 is 23.6 Å². The van der Waals surface area contributed by atoms with Crippen LogP contribution < -0.4 is 4.74 Å². The summed E-state index contributed by atoms with van der Waals surface area (Å²) in [6.45, 7) is 5.35. The van der Waals surface area contributed by atoms with Crippen molar-refractivity contribution in [3.05, 3.63) is 41.7 Å². The minimum atomic E-state index is -3.06. The predicted molar refractivity (Wildman–Crippen MR) is 75.5 cm³/mol. The van der Waals surface area contributed by atoms with Crippen molar-refractivity contribution in [1.29, 1.82) is 0 Å². The van der Waals surface area contributed by atoms with Crippen LogP contribution in [0.5, 0.6) is 5.75 Å². The lowest BCUT2D eigenvalue weighted by molar-refractivity contribution is 0.0962. The zero-order valence-electron chi connectivity index (χ0n) is 12.0. The Morgan fingerprint density at radius 1 is 1.38 bits per heavy atom. The molecule has 1 aromatic carbocycles. The van der Waals surface area contributed by atoms with Crippen LogP contribution in [0.15, 0.2) is 24.8 Å². The number of carbonyl (C=O) groups is 1. The summed E-state index contributed by atoms with van der Waals surface area (Å²) in [4.78, 5) is 12.0. The summed E-state index contributed by atoms with van der Waals surface area (Å²) in [7, 11) is 0. The van der Waals surface area contributed by atoms with E-state index in [1.54, 1.807) is 13.0 Å². The van der Waals surface area contributed by atoms with Crippen molar-refractivity contribution in [3.63, 3.8) is 0 Å². The first-order valence-electron chi connectivity index (χ1n) is 6.90. The van der Waals surface area contributed by atoms with Crippen molar-refractivity contribution in [2.24, 2.45) is 0 Å². The van der Waals surface area contributed by atoms with Crippen LogP contribution in [0, 0.1) is 5.82 Å². The summed E-state index contributed by atoms with van der Waals surface area (Å²) in [6.07, 6.45) is 0.845. The summed E-state index contributed by atoms with van der Waals surface area (Å²) >= 11 is 0. The lowest BCUT2D eigenvalue weighted by Crippen LogP contribution is -2.08. The van der Waals surface area contributed by atoms with Gasteiger partial charge in [-0.1, -0.05) is 6.08 Å². The van der Waals surface area contributed by atoms with Gasteiger partial charge in [-0.15, -0.1) is 6.58 Å². The van der Waals surface area contributed by atoms with E-state index in [0.717, 1.165) is 12.8 Å². The fraction of sp³-hybridized carbons (Fsp3) is 0.438. The fourth-order valence-electron chi connectivity index (χ4n) is 2.01. The zero-order chi connectivity index (χ0) is 15.8. The molecule has 0 atom stereocenters. The molecule has 0 unspecified atom stereocenters. The summed E-state index contributed by atoms with van der Waals surface area (Å²) in [5.41, 5.74) is -1.13. The Labute approximate surface area is 122 Å². The van der Waals surface area contributed by atoms with Crippen LogP contribution in [0.4, 0.5) is 13.2 Å². The topological polar surface area (TPSA) is 26.3 Å². The highest BCUT2D eigenvalue weighted by molar-refractivity contribution is 5.97. The number of hydrogen-bond donors (Lipinski definition) is 0. The number of unbranched alkanes of at least 4 members (excludes halogenated alkanes) is 2. The van der Waals surface area contributed by atoms with Crippen LogP contribution in [0.25, 0.3) is 0 Å². The van der Waals surface area contributed by atoms with E-state index in [9.17, 15) is 18.0 Å². The molecule has 0 spiro atoms. The molecule has 0 amide bonds. The van der Waals surface area contributed by atoms with Crippen molar-refractivity contribution in [3.8, 4) is 5.75 Å². The Hall–Kier alpha value is -1.78. The van der Waals surface area contributed by atoms with Crippen molar-refractivity contribution in [2.45, 2.75) is 39.0 Å². The third-order valence-corrected chi connectivity index (χ3v) is 3.02. The molecule has 0 bridgehead atoms. The number of Topliss-reactive ketones (excluding diaryl/α,β-unsaturated/α-hetero) is 1. The number of halogens is 3. The average Bonchev–Trinajstić information content (AvgIpc) is 2.45. The normalized spacial score (nSPS) is 10.7. The maximum atomic E-state index is 14.0. The molecule has 0 aliphatic heterocycles. The Balaban J connectivity index is 2.97. The molecule has 2 nitrogen and oxygen atoms in total. The second-order valence-electron chi connectivity index (χ2n) is 4.53. The van der Waals surface area contributed by atoms with Crippen LogP contribution in [-0.4, -0.2) is 12.4 Å². The number of carbonyl (C=O) groups excluding carboxylic acids is 1. The molecule has 0 saturated heterocycles. The van der Waals surface area contributed by atoms with E-state index >= 15 is 0 Å². The molecule has 1 aromatic rings. The first kappa shape index (κ1) is 17.3. The highest BCUT2D eigenvalue weighted by Gasteiger charge is 2.25. The van der Waals surface area contributed by atoms with E-state index in [4.69, 9.17) is 4.74 Å². The molecule has 1 rings (SSSR count). The maximum Gasteiger partial charge on any atom is 0.267 e. The van der Waals surface area contributed by atoms with Gasteiger partial charge in [-0.2, -0.15) is 0 Å². The van der Waals surface area contributed by atoms with E-state index in [0.29, 0.717) is 6.42 Å². The maximum absolute atomic E-state index is 14.0. The second-order valence-corrected chi connectivity index (χ2v) is 4.53. The smallest absolute Gasteiger partial charge is 0.267 e. The number of benzene rings is 1. The highest BCUT2D eigenvalue weighted by Crippen LogP contribution is 2.32. The Morgan fingerprint density at radius 2 is 2.10 bits per heavy atom. The predicted octanol–water partition coefficient (Wildman–Crippen LogP) is 5.09. The first-order chi connectivity index (χ1) is 10.0. The Bertz CT molecular complexity index is 499. The molecule has 0 aromatic heterocycles. The van der Waals surface area contributed by atoms with Crippen LogP contribution in [0.3, 0.4) is 0 Å². The van der Waals surface area contributed by atoms with Gasteiger partial charge in [-0.05, 0) is 38.3 Å². The molecular weight excluding hydrogens is 281 g/mol. The number of rotatable bonds is 9. The summed E-state index contributed by atoms with van der Waals surface area (Å²) in [6, 6.07) is 2.44. The Morgan fingerprint density at radius 3 is 2.67 bits per heavy atom. The van der Waals surface area contributed by atoms with Crippen molar-refractivity contribution < 1.29 is 22.7 Å². The number of ketones is 1. The molecule has 0 saturated carbocycles. The summed E-state index contributed by atoms with van der Waals surface area (Å²) in [5, 5.41) is 0. The lowest BCUT2D eigenvalue weighted by atomic mass is 9.98. The van der Waals surface area contributed by atoms with Gasteiger partial charge < -0.3 is 4.74 Å². The molecule has 0 aliphatic carbocycles. The van der Waals surface area contributed by atoms with Gasteiger partial charge in [0.25, 0.3) is 6.43 Å². The van der Waals surface area contributed by atoms with E-state index in [1.807, 2.05) is 0 Å². The lowest BCUT2D eigenvalue weighted by Gasteiger charge is -2.13. The van der Waals surface area contributed by atoms with Gasteiger partial charge >= 0.3 is 0 Å². The molecular formula is C16H19F3O2. The number of hydrogen-bond acceptors (Lipinski definition) is 2. The molecule has 0 radical (unpaired) electrons. The SMILES string of the molecule is C=CCCCCC(=O)c1ccc(OCC)c(F)c1C(F)F. The number of ether oxygens (including phenoxy) is 1. The third kappa shape index (κ3) is 4.62. The molecule has 0 N–H and O–H groups in total. The molecule has 0 fully saturated rings. The van der Waals surface area contributed by atoms with Gasteiger partial charge in [0.15, 0.2) is 17.3 Å². The van der Waals surface area contributed by atoms with Gasteiger partial charge in [-0.25, -0.2) is 13.2 Å².